The van der Waals surface area contributed by atoms with Crippen LogP contribution in [0.2, 0.25) is 0 Å². The standard InChI is InChI=1S/C22H25NO5/c1-15(2)28-18-7-5-4-6-17(18)14-23-21(24)9-8-16-12-19(25-3)22-20(13-16)26-10-11-27-22/h4-9,12-13,15H,10-11,14H2,1-3H3,(H,23,24). The van der Waals surface area contributed by atoms with Gasteiger partial charge in [-0.2, -0.15) is 0 Å². The first-order valence-electron chi connectivity index (χ1n) is 9.25. The van der Waals surface area contributed by atoms with Gasteiger partial charge in [0.25, 0.3) is 0 Å². The third kappa shape index (κ3) is 4.97. The molecule has 28 heavy (non-hydrogen) atoms. The molecule has 1 N–H and O–H groups in total. The van der Waals surface area contributed by atoms with E-state index in [-0.39, 0.29) is 12.0 Å². The van der Waals surface area contributed by atoms with Crippen molar-refractivity contribution in [3.05, 3.63) is 53.6 Å². The van der Waals surface area contributed by atoms with Gasteiger partial charge in [-0.25, -0.2) is 0 Å². The normalized spacial score (nSPS) is 12.9. The van der Waals surface area contributed by atoms with Gasteiger partial charge >= 0.3 is 0 Å². The number of hydrogen-bond acceptors (Lipinski definition) is 5. The maximum atomic E-state index is 12.2. The first kappa shape index (κ1) is 19.6. The van der Waals surface area contributed by atoms with Crippen LogP contribution in [0.3, 0.4) is 0 Å². The Kier molecular flexibility index (Phi) is 6.42. The summed E-state index contributed by atoms with van der Waals surface area (Å²) in [4.78, 5) is 12.2. The molecule has 0 aliphatic carbocycles. The van der Waals surface area contributed by atoms with Gasteiger partial charge in [-0.1, -0.05) is 18.2 Å². The van der Waals surface area contributed by atoms with Crippen LogP contribution in [0.5, 0.6) is 23.0 Å². The summed E-state index contributed by atoms with van der Waals surface area (Å²) < 4.78 is 22.3. The molecule has 0 radical (unpaired) electrons. The van der Waals surface area contributed by atoms with Gasteiger partial charge in [0.05, 0.1) is 13.2 Å². The molecule has 1 aliphatic rings. The van der Waals surface area contributed by atoms with Crippen LogP contribution in [-0.4, -0.2) is 32.3 Å². The third-order valence-corrected chi connectivity index (χ3v) is 4.07. The molecule has 2 aromatic carbocycles. The molecule has 0 atom stereocenters. The minimum absolute atomic E-state index is 0.0712. The molecule has 0 spiro atoms. The molecule has 0 fully saturated rings. The summed E-state index contributed by atoms with van der Waals surface area (Å²) in [5.74, 6) is 2.37. The number of carbonyl (C=O) groups is 1. The van der Waals surface area contributed by atoms with E-state index in [0.717, 1.165) is 16.9 Å². The molecule has 6 nitrogen and oxygen atoms in total. The molecule has 0 unspecified atom stereocenters. The summed E-state index contributed by atoms with van der Waals surface area (Å²) >= 11 is 0. The minimum atomic E-state index is -0.201. The Morgan fingerprint density at radius 1 is 1.18 bits per heavy atom. The van der Waals surface area contributed by atoms with Crippen molar-refractivity contribution in [3.8, 4) is 23.0 Å². The second kappa shape index (κ2) is 9.17. The Morgan fingerprint density at radius 2 is 1.96 bits per heavy atom. The van der Waals surface area contributed by atoms with Gasteiger partial charge in [0, 0.05) is 18.2 Å². The average molecular weight is 383 g/mol. The van der Waals surface area contributed by atoms with Crippen LogP contribution in [0.4, 0.5) is 0 Å². The highest BCUT2D eigenvalue weighted by Crippen LogP contribution is 2.40. The number of ether oxygens (including phenoxy) is 4. The van der Waals surface area contributed by atoms with Gasteiger partial charge in [0.15, 0.2) is 11.5 Å². The van der Waals surface area contributed by atoms with Crippen LogP contribution in [0.25, 0.3) is 6.08 Å². The van der Waals surface area contributed by atoms with E-state index in [1.54, 1.807) is 13.2 Å². The Morgan fingerprint density at radius 3 is 2.75 bits per heavy atom. The van der Waals surface area contributed by atoms with Crippen LogP contribution in [0, 0.1) is 0 Å². The zero-order chi connectivity index (χ0) is 19.9. The van der Waals surface area contributed by atoms with E-state index in [9.17, 15) is 4.79 Å². The monoisotopic (exact) mass is 383 g/mol. The third-order valence-electron chi connectivity index (χ3n) is 4.07. The second-order valence-electron chi connectivity index (χ2n) is 6.57. The topological polar surface area (TPSA) is 66.0 Å². The molecule has 3 rings (SSSR count). The number of amides is 1. The maximum absolute atomic E-state index is 12.2. The SMILES string of the molecule is COc1cc(C=CC(=O)NCc2ccccc2OC(C)C)cc2c1OCCO2. The Bertz CT molecular complexity index is 843. The van der Waals surface area contributed by atoms with Crippen molar-refractivity contribution in [1.29, 1.82) is 0 Å². The van der Waals surface area contributed by atoms with Gasteiger partial charge in [-0.3, -0.25) is 4.79 Å². The quantitative estimate of drug-likeness (QED) is 0.741. The lowest BCUT2D eigenvalue weighted by atomic mass is 10.1. The fourth-order valence-electron chi connectivity index (χ4n) is 2.82. The van der Waals surface area contributed by atoms with E-state index in [0.29, 0.717) is 37.0 Å². The highest BCUT2D eigenvalue weighted by Gasteiger charge is 2.17. The van der Waals surface area contributed by atoms with E-state index in [2.05, 4.69) is 5.32 Å². The summed E-state index contributed by atoms with van der Waals surface area (Å²) in [6, 6.07) is 11.3. The summed E-state index contributed by atoms with van der Waals surface area (Å²) in [5, 5.41) is 2.88. The van der Waals surface area contributed by atoms with Crippen molar-refractivity contribution < 1.29 is 23.7 Å². The number of fused-ring (bicyclic) bond motifs is 1. The molecule has 2 aromatic rings. The number of para-hydroxylation sites is 1. The molecule has 0 bridgehead atoms. The number of methoxy groups -OCH3 is 1. The van der Waals surface area contributed by atoms with Crippen molar-refractivity contribution in [2.24, 2.45) is 0 Å². The minimum Gasteiger partial charge on any atom is -0.493 e. The van der Waals surface area contributed by atoms with Gasteiger partial charge in [0.2, 0.25) is 11.7 Å². The van der Waals surface area contributed by atoms with Crippen molar-refractivity contribution in [2.45, 2.75) is 26.5 Å². The van der Waals surface area contributed by atoms with E-state index in [4.69, 9.17) is 18.9 Å². The molecule has 148 valence electrons. The largest absolute Gasteiger partial charge is 0.493 e. The van der Waals surface area contributed by atoms with Crippen molar-refractivity contribution in [3.63, 3.8) is 0 Å². The van der Waals surface area contributed by atoms with Crippen molar-refractivity contribution in [2.75, 3.05) is 20.3 Å². The molecule has 1 heterocycles. The Hall–Kier alpha value is -3.15. The van der Waals surface area contributed by atoms with Crippen LogP contribution in [-0.2, 0) is 11.3 Å². The van der Waals surface area contributed by atoms with E-state index < -0.39 is 0 Å². The molecule has 6 heteroatoms. The van der Waals surface area contributed by atoms with E-state index in [1.807, 2.05) is 50.2 Å². The Labute approximate surface area is 165 Å². The van der Waals surface area contributed by atoms with Crippen LogP contribution < -0.4 is 24.3 Å². The molecular formula is C22H25NO5. The van der Waals surface area contributed by atoms with E-state index >= 15 is 0 Å². The van der Waals surface area contributed by atoms with Gasteiger partial charge < -0.3 is 24.3 Å². The lowest BCUT2D eigenvalue weighted by Gasteiger charge is -2.20. The number of hydrogen-bond donors (Lipinski definition) is 1. The number of rotatable bonds is 7. The molecule has 0 aromatic heterocycles. The predicted molar refractivity (Wildman–Crippen MR) is 107 cm³/mol. The molecule has 0 saturated carbocycles. The summed E-state index contributed by atoms with van der Waals surface area (Å²) in [7, 11) is 1.57. The van der Waals surface area contributed by atoms with Gasteiger partial charge in [-0.05, 0) is 43.7 Å². The number of carbonyl (C=O) groups excluding carboxylic acids is 1. The molecule has 1 aliphatic heterocycles. The van der Waals surface area contributed by atoms with Crippen molar-refractivity contribution >= 4 is 12.0 Å². The number of nitrogens with one attached hydrogen (secondary N) is 1. The first-order chi connectivity index (χ1) is 13.6. The maximum Gasteiger partial charge on any atom is 0.244 e. The highest BCUT2D eigenvalue weighted by molar-refractivity contribution is 5.91. The van der Waals surface area contributed by atoms with Gasteiger partial charge in [0.1, 0.15) is 19.0 Å². The number of benzene rings is 2. The lowest BCUT2D eigenvalue weighted by molar-refractivity contribution is -0.116. The summed E-state index contributed by atoms with van der Waals surface area (Å²) in [6.07, 6.45) is 3.27. The first-order valence-corrected chi connectivity index (χ1v) is 9.25. The molecular weight excluding hydrogens is 358 g/mol. The highest BCUT2D eigenvalue weighted by atomic mass is 16.6. The van der Waals surface area contributed by atoms with Crippen LogP contribution in [0.15, 0.2) is 42.5 Å². The summed E-state index contributed by atoms with van der Waals surface area (Å²) in [6.45, 7) is 5.31. The lowest BCUT2D eigenvalue weighted by Crippen LogP contribution is -2.21. The molecule has 0 saturated heterocycles. The average Bonchev–Trinajstić information content (AvgIpc) is 2.70. The smallest absolute Gasteiger partial charge is 0.244 e. The molecule has 1 amide bonds. The Balaban J connectivity index is 1.65. The second-order valence-corrected chi connectivity index (χ2v) is 6.57. The zero-order valence-corrected chi connectivity index (χ0v) is 16.4. The predicted octanol–water partition coefficient (Wildman–Crippen LogP) is 3.58. The van der Waals surface area contributed by atoms with Gasteiger partial charge in [-0.15, -0.1) is 0 Å². The van der Waals surface area contributed by atoms with Crippen molar-refractivity contribution in [1.82, 2.24) is 5.32 Å². The fraction of sp³-hybridized carbons (Fsp3) is 0.318. The van der Waals surface area contributed by atoms with Crippen LogP contribution >= 0.6 is 0 Å². The van der Waals surface area contributed by atoms with E-state index in [1.165, 1.54) is 6.08 Å². The summed E-state index contributed by atoms with van der Waals surface area (Å²) in [5.41, 5.74) is 1.72. The van der Waals surface area contributed by atoms with Crippen LogP contribution in [0.1, 0.15) is 25.0 Å². The zero-order valence-electron chi connectivity index (χ0n) is 16.4. The fourth-order valence-corrected chi connectivity index (χ4v) is 2.82.